The Kier molecular flexibility index (Phi) is 3.99. The predicted molar refractivity (Wildman–Crippen MR) is 79.3 cm³/mol. The van der Waals surface area contributed by atoms with Crippen LogP contribution in [0.3, 0.4) is 0 Å². The lowest BCUT2D eigenvalue weighted by molar-refractivity contribution is -0.129. The van der Waals surface area contributed by atoms with Crippen molar-refractivity contribution >= 4 is 5.91 Å². The lowest BCUT2D eigenvalue weighted by Crippen LogP contribution is -2.46. The van der Waals surface area contributed by atoms with Crippen molar-refractivity contribution in [2.45, 2.75) is 44.4 Å². The van der Waals surface area contributed by atoms with Crippen LogP contribution in [0.4, 0.5) is 0 Å². The van der Waals surface area contributed by atoms with E-state index >= 15 is 0 Å². The molecule has 3 atom stereocenters. The van der Waals surface area contributed by atoms with Crippen molar-refractivity contribution in [3.05, 3.63) is 30.9 Å². The maximum absolute atomic E-state index is 12.4. The first-order valence-corrected chi connectivity index (χ1v) is 7.64. The average molecular weight is 300 g/mol. The highest BCUT2D eigenvalue weighted by molar-refractivity contribution is 5.86. The minimum Gasteiger partial charge on any atom is -0.391 e. The summed E-state index contributed by atoms with van der Waals surface area (Å²) >= 11 is 0. The zero-order chi connectivity index (χ0) is 15.6. The molecule has 2 aliphatic carbocycles. The Morgan fingerprint density at radius 1 is 1.45 bits per heavy atom. The fraction of sp³-hybridized carbons (Fsp3) is 0.562. The highest BCUT2D eigenvalue weighted by Crippen LogP contribution is 2.34. The number of carbonyl (C=O) groups excluding carboxylic acids is 1. The second-order valence-corrected chi connectivity index (χ2v) is 6.32. The maximum Gasteiger partial charge on any atom is 0.241 e. The third kappa shape index (κ3) is 2.77. The summed E-state index contributed by atoms with van der Waals surface area (Å²) in [5.74, 6) is 0.0431. The van der Waals surface area contributed by atoms with Crippen LogP contribution in [0.25, 0.3) is 0 Å². The number of nitrogens with zero attached hydrogens (tertiary/aromatic N) is 3. The minimum absolute atomic E-state index is 0.257. The van der Waals surface area contributed by atoms with Crippen LogP contribution in [0.15, 0.2) is 30.9 Å². The van der Waals surface area contributed by atoms with E-state index in [0.717, 1.165) is 13.0 Å². The fourth-order valence-electron chi connectivity index (χ4n) is 3.40. The van der Waals surface area contributed by atoms with Crippen molar-refractivity contribution in [3.8, 4) is 6.07 Å². The van der Waals surface area contributed by atoms with Crippen molar-refractivity contribution in [2.75, 3.05) is 0 Å². The third-order valence-corrected chi connectivity index (χ3v) is 4.72. The van der Waals surface area contributed by atoms with Gasteiger partial charge in [-0.25, -0.2) is 4.98 Å². The third-order valence-electron chi connectivity index (χ3n) is 4.72. The number of carbonyl (C=O) groups is 1. The van der Waals surface area contributed by atoms with Crippen LogP contribution in [-0.2, 0) is 11.3 Å². The highest BCUT2D eigenvalue weighted by atomic mass is 16.3. The Hall–Kier alpha value is -2.13. The number of imidazole rings is 1. The highest BCUT2D eigenvalue weighted by Gasteiger charge is 2.42. The van der Waals surface area contributed by atoms with E-state index in [-0.39, 0.29) is 11.9 Å². The van der Waals surface area contributed by atoms with E-state index in [4.69, 9.17) is 0 Å². The van der Waals surface area contributed by atoms with Crippen LogP contribution in [-0.4, -0.2) is 32.7 Å². The van der Waals surface area contributed by atoms with Crippen LogP contribution in [0.2, 0.25) is 0 Å². The van der Waals surface area contributed by atoms with Gasteiger partial charge in [0.2, 0.25) is 5.91 Å². The molecular weight excluding hydrogens is 280 g/mol. The number of aliphatic hydroxyl groups is 1. The number of amides is 1. The molecule has 0 bridgehead atoms. The maximum atomic E-state index is 12.4. The van der Waals surface area contributed by atoms with Crippen molar-refractivity contribution in [2.24, 2.45) is 11.3 Å². The number of hydrogen-bond acceptors (Lipinski definition) is 4. The molecule has 1 amide bonds. The molecule has 6 heteroatoms. The number of allylic oxidation sites excluding steroid dienone is 2. The molecule has 1 heterocycles. The van der Waals surface area contributed by atoms with Gasteiger partial charge in [-0.2, -0.15) is 5.26 Å². The molecule has 1 unspecified atom stereocenters. The monoisotopic (exact) mass is 300 g/mol. The quantitative estimate of drug-likeness (QED) is 0.812. The largest absolute Gasteiger partial charge is 0.391 e. The number of rotatable bonds is 4. The van der Waals surface area contributed by atoms with Crippen LogP contribution in [0.5, 0.6) is 0 Å². The van der Waals surface area contributed by atoms with Gasteiger partial charge < -0.3 is 15.0 Å². The van der Waals surface area contributed by atoms with Crippen LogP contribution in [0, 0.1) is 22.7 Å². The van der Waals surface area contributed by atoms with Gasteiger partial charge >= 0.3 is 0 Å². The smallest absolute Gasteiger partial charge is 0.241 e. The van der Waals surface area contributed by atoms with E-state index < -0.39 is 11.5 Å². The SMILES string of the molecule is N#CC1(C(=O)N[C@@H]2CC(Cn3ccnc3)C[C@H]2O)CC=CC1. The Morgan fingerprint density at radius 2 is 2.23 bits per heavy atom. The molecule has 0 spiro atoms. The second-order valence-electron chi connectivity index (χ2n) is 6.32. The molecule has 1 fully saturated rings. The van der Waals surface area contributed by atoms with Gasteiger partial charge in [0.25, 0.3) is 0 Å². The molecule has 116 valence electrons. The normalized spacial score (nSPS) is 29.4. The Morgan fingerprint density at radius 3 is 2.86 bits per heavy atom. The summed E-state index contributed by atoms with van der Waals surface area (Å²) in [4.78, 5) is 16.4. The molecule has 1 saturated carbocycles. The first-order valence-electron chi connectivity index (χ1n) is 7.64. The van der Waals surface area contributed by atoms with Crippen molar-refractivity contribution in [1.29, 1.82) is 5.26 Å². The summed E-state index contributed by atoms with van der Waals surface area (Å²) in [5, 5.41) is 22.4. The minimum atomic E-state index is -0.984. The summed E-state index contributed by atoms with van der Waals surface area (Å²) in [5.41, 5.74) is -0.984. The molecule has 0 aromatic carbocycles. The molecule has 3 rings (SSSR count). The zero-order valence-electron chi connectivity index (χ0n) is 12.4. The van der Waals surface area contributed by atoms with Crippen LogP contribution >= 0.6 is 0 Å². The molecular formula is C16H20N4O2. The number of aromatic nitrogens is 2. The summed E-state index contributed by atoms with van der Waals surface area (Å²) in [6, 6.07) is 1.87. The van der Waals surface area contributed by atoms with E-state index in [1.54, 1.807) is 12.5 Å². The molecule has 2 aliphatic rings. The molecule has 2 N–H and O–H groups in total. The summed E-state index contributed by atoms with van der Waals surface area (Å²) in [6.45, 7) is 0.786. The Labute approximate surface area is 129 Å². The van der Waals surface area contributed by atoms with Gasteiger partial charge in [-0.3, -0.25) is 4.79 Å². The van der Waals surface area contributed by atoms with E-state index in [9.17, 15) is 15.2 Å². The van der Waals surface area contributed by atoms with Crippen molar-refractivity contribution in [1.82, 2.24) is 14.9 Å². The number of nitrogens with one attached hydrogen (secondary N) is 1. The Balaban J connectivity index is 1.59. The lowest BCUT2D eigenvalue weighted by atomic mass is 9.86. The van der Waals surface area contributed by atoms with E-state index in [1.807, 2.05) is 22.9 Å². The van der Waals surface area contributed by atoms with Crippen LogP contribution in [0.1, 0.15) is 25.7 Å². The van der Waals surface area contributed by atoms with Gasteiger partial charge in [-0.05, 0) is 31.6 Å². The molecule has 0 aliphatic heterocycles. The fourth-order valence-corrected chi connectivity index (χ4v) is 3.40. The molecule has 1 aromatic rings. The van der Waals surface area contributed by atoms with Crippen LogP contribution < -0.4 is 5.32 Å². The summed E-state index contributed by atoms with van der Waals surface area (Å²) in [7, 11) is 0. The first kappa shape index (κ1) is 14.8. The zero-order valence-corrected chi connectivity index (χ0v) is 12.4. The summed E-state index contributed by atoms with van der Waals surface area (Å²) in [6.07, 6.45) is 10.9. The van der Waals surface area contributed by atoms with E-state index in [2.05, 4.69) is 16.4 Å². The standard InChI is InChI=1S/C16H20N4O2/c17-10-16(3-1-2-4-16)15(22)19-13-7-12(8-14(13)21)9-20-6-5-18-11-20/h1-2,5-6,11-14,21H,3-4,7-9H2,(H,19,22)/t12?,13-,14-/m1/s1. The van der Waals surface area contributed by atoms with Gasteiger partial charge in [-0.15, -0.1) is 0 Å². The molecule has 0 saturated heterocycles. The molecule has 0 radical (unpaired) electrons. The van der Waals surface area contributed by atoms with E-state index in [0.29, 0.717) is 25.2 Å². The van der Waals surface area contributed by atoms with Gasteiger partial charge in [0.1, 0.15) is 5.41 Å². The number of aliphatic hydroxyl groups excluding tert-OH is 1. The molecule has 6 nitrogen and oxygen atoms in total. The second kappa shape index (κ2) is 5.93. The lowest BCUT2D eigenvalue weighted by Gasteiger charge is -2.24. The number of nitriles is 1. The van der Waals surface area contributed by atoms with Gasteiger partial charge in [0, 0.05) is 18.9 Å². The van der Waals surface area contributed by atoms with E-state index in [1.165, 1.54) is 0 Å². The van der Waals surface area contributed by atoms with Gasteiger partial charge in [-0.1, -0.05) is 12.2 Å². The molecule has 22 heavy (non-hydrogen) atoms. The van der Waals surface area contributed by atoms with Crippen molar-refractivity contribution in [3.63, 3.8) is 0 Å². The Bertz CT molecular complexity index is 594. The summed E-state index contributed by atoms with van der Waals surface area (Å²) < 4.78 is 1.99. The molecule has 1 aromatic heterocycles. The first-order chi connectivity index (χ1) is 10.6. The van der Waals surface area contributed by atoms with Gasteiger partial charge in [0.15, 0.2) is 0 Å². The predicted octanol–water partition coefficient (Wildman–Crippen LogP) is 0.999. The topological polar surface area (TPSA) is 90.9 Å². The number of hydrogen-bond donors (Lipinski definition) is 2. The average Bonchev–Trinajstić information content (AvgIpc) is 3.22. The van der Waals surface area contributed by atoms with Crippen molar-refractivity contribution < 1.29 is 9.90 Å². The van der Waals surface area contributed by atoms with Gasteiger partial charge in [0.05, 0.1) is 24.5 Å².